The Morgan fingerprint density at radius 3 is 2.59 bits per heavy atom. The Balaban J connectivity index is 1.62. The van der Waals surface area contributed by atoms with Crippen molar-refractivity contribution in [2.75, 3.05) is 31.6 Å². The van der Waals surface area contributed by atoms with Crippen LogP contribution in [0.3, 0.4) is 0 Å². The summed E-state index contributed by atoms with van der Waals surface area (Å²) in [6.07, 6.45) is 3.20. The number of nitrogens with zero attached hydrogens (tertiary/aromatic N) is 1. The lowest BCUT2D eigenvalue weighted by Gasteiger charge is -2.10. The number of H-pyrrole nitrogens is 1. The van der Waals surface area contributed by atoms with Gasteiger partial charge in [0.15, 0.2) is 0 Å². The zero-order valence-corrected chi connectivity index (χ0v) is 15.3. The summed E-state index contributed by atoms with van der Waals surface area (Å²) in [6, 6.07) is 15.6. The number of halogens is 1. The quantitative estimate of drug-likeness (QED) is 0.477. The molecule has 0 aliphatic rings. The summed E-state index contributed by atoms with van der Waals surface area (Å²) in [4.78, 5) is 12.0. The molecule has 2 aromatic carbocycles. The van der Waals surface area contributed by atoms with Crippen molar-refractivity contribution in [3.63, 3.8) is 0 Å². The normalized spacial score (nSPS) is 11.0. The minimum atomic E-state index is -0.308. The molecule has 0 aliphatic carbocycles. The second-order valence-corrected chi connectivity index (χ2v) is 6.45. The number of alkyl halides is 1. The van der Waals surface area contributed by atoms with Crippen LogP contribution in [0.2, 0.25) is 0 Å². The third-order valence-corrected chi connectivity index (χ3v) is 4.46. The van der Waals surface area contributed by atoms with Crippen molar-refractivity contribution in [3.05, 3.63) is 58.9 Å². The summed E-state index contributed by atoms with van der Waals surface area (Å²) in [5, 5.41) is 14.8. The van der Waals surface area contributed by atoms with Crippen molar-refractivity contribution in [2.45, 2.75) is 19.3 Å². The van der Waals surface area contributed by atoms with Gasteiger partial charge in [0.05, 0.1) is 11.1 Å². The van der Waals surface area contributed by atoms with Crippen LogP contribution in [0.5, 0.6) is 0 Å². The summed E-state index contributed by atoms with van der Waals surface area (Å²) in [7, 11) is 0. The highest BCUT2D eigenvalue weighted by atomic mass is 19.1. The van der Waals surface area contributed by atoms with E-state index in [-0.39, 0.29) is 12.2 Å². The van der Waals surface area contributed by atoms with E-state index in [2.05, 4.69) is 26.9 Å². The Hall–Kier alpha value is -2.73. The number of benzene rings is 2. The van der Waals surface area contributed by atoms with Gasteiger partial charge in [-0.2, -0.15) is 5.10 Å². The Morgan fingerprint density at radius 2 is 1.74 bits per heavy atom. The summed E-state index contributed by atoms with van der Waals surface area (Å²) in [5.41, 5.74) is 2.58. The number of hydrogen-bond acceptors (Lipinski definition) is 4. The molecule has 0 spiro atoms. The molecular weight excluding hydrogens is 343 g/mol. The van der Waals surface area contributed by atoms with Crippen molar-refractivity contribution >= 4 is 16.5 Å². The van der Waals surface area contributed by atoms with Crippen molar-refractivity contribution in [1.82, 2.24) is 15.5 Å². The maximum atomic E-state index is 12.0. The van der Waals surface area contributed by atoms with Gasteiger partial charge in [-0.15, -0.1) is 0 Å². The maximum Gasteiger partial charge on any atom is 0.272 e. The molecule has 3 N–H and O–H groups in total. The predicted molar refractivity (Wildman–Crippen MR) is 109 cm³/mol. The third-order valence-electron chi connectivity index (χ3n) is 4.46. The van der Waals surface area contributed by atoms with Crippen molar-refractivity contribution < 1.29 is 4.39 Å². The van der Waals surface area contributed by atoms with Gasteiger partial charge in [0.2, 0.25) is 0 Å². The Bertz CT molecular complexity index is 925. The van der Waals surface area contributed by atoms with Crippen LogP contribution < -0.4 is 16.2 Å². The number of fused-ring (bicyclic) bond motifs is 1. The van der Waals surface area contributed by atoms with Crippen molar-refractivity contribution in [1.29, 1.82) is 0 Å². The van der Waals surface area contributed by atoms with Gasteiger partial charge in [-0.1, -0.05) is 36.8 Å². The molecule has 6 heteroatoms. The van der Waals surface area contributed by atoms with Gasteiger partial charge in [0, 0.05) is 29.7 Å². The van der Waals surface area contributed by atoms with Gasteiger partial charge >= 0.3 is 0 Å². The second-order valence-electron chi connectivity index (χ2n) is 6.45. The van der Waals surface area contributed by atoms with Gasteiger partial charge in [0.1, 0.15) is 6.67 Å². The fraction of sp³-hybridized carbons (Fsp3) is 0.333. The van der Waals surface area contributed by atoms with Crippen LogP contribution in [-0.4, -0.2) is 36.5 Å². The molecule has 0 saturated heterocycles. The van der Waals surface area contributed by atoms with E-state index in [1.807, 2.05) is 42.5 Å². The fourth-order valence-corrected chi connectivity index (χ4v) is 3.09. The average Bonchev–Trinajstić information content (AvgIpc) is 2.71. The maximum absolute atomic E-state index is 12.0. The van der Waals surface area contributed by atoms with Gasteiger partial charge in [-0.05, 0) is 37.6 Å². The summed E-state index contributed by atoms with van der Waals surface area (Å²) in [6.45, 7) is 1.88. The van der Waals surface area contributed by atoms with E-state index in [4.69, 9.17) is 0 Å². The van der Waals surface area contributed by atoms with Crippen LogP contribution in [0.15, 0.2) is 53.3 Å². The smallest absolute Gasteiger partial charge is 0.272 e. The lowest BCUT2D eigenvalue weighted by Crippen LogP contribution is -2.18. The SMILES string of the molecule is O=c1[nH]nc(-c2cccc(NCCCCCNCCF)c2)c2ccccc12. The number of anilines is 1. The zero-order valence-electron chi connectivity index (χ0n) is 15.3. The molecule has 0 saturated carbocycles. The van der Waals surface area contributed by atoms with Crippen molar-refractivity contribution in [3.8, 4) is 11.3 Å². The highest BCUT2D eigenvalue weighted by Crippen LogP contribution is 2.26. The van der Waals surface area contributed by atoms with E-state index in [0.717, 1.165) is 54.7 Å². The number of aromatic amines is 1. The van der Waals surface area contributed by atoms with Gasteiger partial charge < -0.3 is 10.6 Å². The van der Waals surface area contributed by atoms with E-state index < -0.39 is 0 Å². The molecule has 27 heavy (non-hydrogen) atoms. The van der Waals surface area contributed by atoms with Crippen LogP contribution in [0.4, 0.5) is 10.1 Å². The first-order valence-electron chi connectivity index (χ1n) is 9.38. The predicted octanol–water partition coefficient (Wildman–Crippen LogP) is 3.73. The van der Waals surface area contributed by atoms with Crippen LogP contribution in [0, 0.1) is 0 Å². The molecule has 3 aromatic rings. The lowest BCUT2D eigenvalue weighted by atomic mass is 10.0. The monoisotopic (exact) mass is 368 g/mol. The number of hydrogen-bond donors (Lipinski definition) is 3. The van der Waals surface area contributed by atoms with E-state index in [9.17, 15) is 9.18 Å². The molecule has 3 rings (SSSR count). The first kappa shape index (κ1) is 19.0. The van der Waals surface area contributed by atoms with Gasteiger partial charge in [-0.3, -0.25) is 4.79 Å². The number of nitrogens with one attached hydrogen (secondary N) is 3. The topological polar surface area (TPSA) is 69.8 Å². The minimum absolute atomic E-state index is 0.176. The third kappa shape index (κ3) is 5.14. The molecule has 1 aromatic heterocycles. The highest BCUT2D eigenvalue weighted by Gasteiger charge is 2.08. The fourth-order valence-electron chi connectivity index (χ4n) is 3.09. The Morgan fingerprint density at radius 1 is 0.926 bits per heavy atom. The average molecular weight is 368 g/mol. The van der Waals surface area contributed by atoms with E-state index >= 15 is 0 Å². The summed E-state index contributed by atoms with van der Waals surface area (Å²) in [5.74, 6) is 0. The molecule has 0 amide bonds. The van der Waals surface area contributed by atoms with Gasteiger partial charge in [0.25, 0.3) is 5.56 Å². The molecule has 0 fully saturated rings. The van der Waals surface area contributed by atoms with E-state index in [1.165, 1.54) is 0 Å². The second kappa shape index (κ2) is 9.83. The Labute approximate surface area is 158 Å². The standard InChI is InChI=1S/C21H25FN4O/c22-11-14-23-12-4-1-5-13-24-17-8-6-7-16(15-17)20-18-9-2-3-10-19(18)21(27)26-25-20/h2-3,6-10,15,23-24H,1,4-5,11-14H2,(H,26,27). The molecule has 5 nitrogen and oxygen atoms in total. The zero-order chi connectivity index (χ0) is 18.9. The van der Waals surface area contributed by atoms with E-state index in [1.54, 1.807) is 0 Å². The largest absolute Gasteiger partial charge is 0.385 e. The van der Waals surface area contributed by atoms with Crippen molar-refractivity contribution in [2.24, 2.45) is 0 Å². The number of rotatable bonds is 10. The molecule has 0 unspecified atom stereocenters. The highest BCUT2D eigenvalue weighted by molar-refractivity contribution is 5.94. The van der Waals surface area contributed by atoms with Crippen LogP contribution in [0.1, 0.15) is 19.3 Å². The van der Waals surface area contributed by atoms with Crippen LogP contribution in [-0.2, 0) is 0 Å². The number of unbranched alkanes of at least 4 members (excludes halogenated alkanes) is 2. The molecule has 0 atom stereocenters. The molecule has 0 radical (unpaired) electrons. The summed E-state index contributed by atoms with van der Waals surface area (Å²) < 4.78 is 12.0. The minimum Gasteiger partial charge on any atom is -0.385 e. The number of aromatic nitrogens is 2. The first-order chi connectivity index (χ1) is 13.3. The van der Waals surface area contributed by atoms with E-state index in [0.29, 0.717) is 11.9 Å². The van der Waals surface area contributed by atoms with Crippen LogP contribution in [0.25, 0.3) is 22.0 Å². The molecule has 0 aliphatic heterocycles. The van der Waals surface area contributed by atoms with Crippen LogP contribution >= 0.6 is 0 Å². The summed E-state index contributed by atoms with van der Waals surface area (Å²) >= 11 is 0. The molecule has 1 heterocycles. The lowest BCUT2D eigenvalue weighted by molar-refractivity contribution is 0.462. The first-order valence-corrected chi connectivity index (χ1v) is 9.38. The Kier molecular flexibility index (Phi) is 6.93. The molecule has 142 valence electrons. The molecular formula is C21H25FN4O. The molecule has 0 bridgehead atoms. The van der Waals surface area contributed by atoms with Gasteiger partial charge in [-0.25, -0.2) is 9.49 Å².